The van der Waals surface area contributed by atoms with E-state index in [4.69, 9.17) is 9.52 Å². The number of aliphatic hydroxyl groups is 1. The summed E-state index contributed by atoms with van der Waals surface area (Å²) in [7, 11) is 0. The normalized spacial score (nSPS) is 10.5. The number of hydrogen-bond donors (Lipinski definition) is 2. The van der Waals surface area contributed by atoms with Gasteiger partial charge in [-0.15, -0.1) is 0 Å². The molecule has 2 aromatic rings. The quantitative estimate of drug-likeness (QED) is 0.888. The Hall–Kier alpha value is -2.14. The Morgan fingerprint density at radius 1 is 1.42 bits per heavy atom. The summed E-state index contributed by atoms with van der Waals surface area (Å²) in [6, 6.07) is 5.96. The number of furan rings is 1. The highest BCUT2D eigenvalue weighted by molar-refractivity contribution is 5.94. The minimum absolute atomic E-state index is 0.214. The van der Waals surface area contributed by atoms with Gasteiger partial charge in [-0.2, -0.15) is 0 Å². The molecule has 1 aromatic heterocycles. The van der Waals surface area contributed by atoms with Gasteiger partial charge in [0.15, 0.2) is 0 Å². The fourth-order valence-corrected chi connectivity index (χ4v) is 1.76. The molecule has 1 amide bonds. The van der Waals surface area contributed by atoms with Crippen LogP contribution in [0.2, 0.25) is 0 Å². The summed E-state index contributed by atoms with van der Waals surface area (Å²) in [5.74, 6) is -0.156. The van der Waals surface area contributed by atoms with Gasteiger partial charge in [0.1, 0.15) is 11.6 Å². The van der Waals surface area contributed by atoms with Crippen molar-refractivity contribution in [2.24, 2.45) is 0 Å². The van der Waals surface area contributed by atoms with Crippen LogP contribution in [0.25, 0.3) is 0 Å². The van der Waals surface area contributed by atoms with Gasteiger partial charge in [0.2, 0.25) is 0 Å². The molecular formula is C14H14FNO3. The molecule has 2 rings (SSSR count). The van der Waals surface area contributed by atoms with Crippen molar-refractivity contribution >= 4 is 5.91 Å². The molecule has 100 valence electrons. The molecule has 0 unspecified atom stereocenters. The van der Waals surface area contributed by atoms with Crippen molar-refractivity contribution in [3.8, 4) is 0 Å². The van der Waals surface area contributed by atoms with Crippen LogP contribution in [-0.4, -0.2) is 11.0 Å². The van der Waals surface area contributed by atoms with E-state index in [-0.39, 0.29) is 24.6 Å². The molecule has 2 N–H and O–H groups in total. The van der Waals surface area contributed by atoms with E-state index in [1.165, 1.54) is 18.4 Å². The maximum absolute atomic E-state index is 13.2. The first kappa shape index (κ1) is 13.3. The van der Waals surface area contributed by atoms with Gasteiger partial charge in [-0.25, -0.2) is 4.39 Å². The summed E-state index contributed by atoms with van der Waals surface area (Å²) in [5, 5.41) is 11.7. The number of benzene rings is 1. The number of aryl methyl sites for hydroxylation is 1. The van der Waals surface area contributed by atoms with Crippen LogP contribution in [-0.2, 0) is 13.2 Å². The number of carbonyl (C=O) groups is 1. The third-order valence-corrected chi connectivity index (χ3v) is 2.84. The van der Waals surface area contributed by atoms with Gasteiger partial charge in [-0.05, 0) is 30.7 Å². The molecule has 0 bridgehead atoms. The summed E-state index contributed by atoms with van der Waals surface area (Å²) in [6.45, 7) is 1.60. The van der Waals surface area contributed by atoms with E-state index in [2.05, 4.69) is 5.32 Å². The monoisotopic (exact) mass is 263 g/mol. The van der Waals surface area contributed by atoms with E-state index in [9.17, 15) is 9.18 Å². The smallest absolute Gasteiger partial charge is 0.255 e. The summed E-state index contributed by atoms with van der Waals surface area (Å²) in [5.41, 5.74) is 1.41. The molecular weight excluding hydrogens is 249 g/mol. The lowest BCUT2D eigenvalue weighted by Crippen LogP contribution is -2.23. The van der Waals surface area contributed by atoms with Crippen LogP contribution >= 0.6 is 0 Å². The lowest BCUT2D eigenvalue weighted by Gasteiger charge is -2.06. The van der Waals surface area contributed by atoms with Crippen LogP contribution in [0, 0.1) is 12.7 Å². The third kappa shape index (κ3) is 3.00. The van der Waals surface area contributed by atoms with Crippen molar-refractivity contribution < 1.29 is 18.7 Å². The molecule has 1 heterocycles. The zero-order chi connectivity index (χ0) is 13.8. The summed E-state index contributed by atoms with van der Waals surface area (Å²) in [4.78, 5) is 11.8. The largest absolute Gasteiger partial charge is 0.469 e. The lowest BCUT2D eigenvalue weighted by molar-refractivity contribution is 0.0949. The highest BCUT2D eigenvalue weighted by atomic mass is 19.1. The van der Waals surface area contributed by atoms with E-state index in [0.29, 0.717) is 11.3 Å². The molecule has 0 spiro atoms. The van der Waals surface area contributed by atoms with Gasteiger partial charge in [0.05, 0.1) is 18.4 Å². The second kappa shape index (κ2) is 5.67. The van der Waals surface area contributed by atoms with Crippen LogP contribution in [0.3, 0.4) is 0 Å². The Morgan fingerprint density at radius 2 is 2.21 bits per heavy atom. The molecule has 1 aromatic carbocycles. The molecule has 0 saturated heterocycles. The topological polar surface area (TPSA) is 62.5 Å². The summed E-state index contributed by atoms with van der Waals surface area (Å²) >= 11 is 0. The molecule has 0 radical (unpaired) electrons. The number of rotatable bonds is 4. The number of nitrogens with one attached hydrogen (secondary N) is 1. The maximum Gasteiger partial charge on any atom is 0.255 e. The van der Waals surface area contributed by atoms with E-state index >= 15 is 0 Å². The van der Waals surface area contributed by atoms with Gasteiger partial charge in [0, 0.05) is 12.1 Å². The lowest BCUT2D eigenvalue weighted by atomic mass is 10.1. The fourth-order valence-electron chi connectivity index (χ4n) is 1.76. The van der Waals surface area contributed by atoms with Gasteiger partial charge in [0.25, 0.3) is 5.91 Å². The average molecular weight is 263 g/mol. The summed E-state index contributed by atoms with van der Waals surface area (Å²) in [6.07, 6.45) is 1.45. The zero-order valence-electron chi connectivity index (χ0n) is 10.4. The predicted octanol–water partition coefficient (Wildman–Crippen LogP) is 2.15. The third-order valence-electron chi connectivity index (χ3n) is 2.84. The molecule has 0 aliphatic carbocycles. The van der Waals surface area contributed by atoms with Crippen LogP contribution in [0.4, 0.5) is 4.39 Å². The molecule has 0 saturated carbocycles. The number of carbonyl (C=O) groups excluding carboxylic acids is 1. The predicted molar refractivity (Wildman–Crippen MR) is 66.9 cm³/mol. The minimum Gasteiger partial charge on any atom is -0.469 e. The van der Waals surface area contributed by atoms with Crippen molar-refractivity contribution in [3.63, 3.8) is 0 Å². The van der Waals surface area contributed by atoms with Gasteiger partial charge >= 0.3 is 0 Å². The Morgan fingerprint density at radius 3 is 2.84 bits per heavy atom. The first-order valence-electron chi connectivity index (χ1n) is 5.82. The maximum atomic E-state index is 13.2. The molecule has 19 heavy (non-hydrogen) atoms. The molecule has 4 nitrogen and oxygen atoms in total. The minimum atomic E-state index is -0.455. The molecule has 0 atom stereocenters. The Kier molecular flexibility index (Phi) is 3.97. The molecule has 0 aliphatic heterocycles. The van der Waals surface area contributed by atoms with Crippen molar-refractivity contribution in [1.29, 1.82) is 0 Å². The Bertz CT molecular complexity index is 592. The van der Waals surface area contributed by atoms with E-state index in [1.807, 2.05) is 0 Å². The number of hydrogen-bond acceptors (Lipinski definition) is 3. The number of amides is 1. The van der Waals surface area contributed by atoms with E-state index in [1.54, 1.807) is 19.1 Å². The average Bonchev–Trinajstić information content (AvgIpc) is 2.83. The van der Waals surface area contributed by atoms with E-state index in [0.717, 1.165) is 5.56 Å². The standard InChI is InChI=1S/C14H14FNO3/c1-9-12(4-5-19-9)14(18)16-7-10-2-3-13(15)11(6-10)8-17/h2-6,17H,7-8H2,1H3,(H,16,18). The van der Waals surface area contributed by atoms with Crippen molar-refractivity contribution in [2.45, 2.75) is 20.1 Å². The first-order valence-corrected chi connectivity index (χ1v) is 5.82. The highest BCUT2D eigenvalue weighted by Crippen LogP contribution is 2.12. The second-order valence-electron chi connectivity index (χ2n) is 4.16. The second-order valence-corrected chi connectivity index (χ2v) is 4.16. The van der Waals surface area contributed by atoms with Crippen molar-refractivity contribution in [2.75, 3.05) is 0 Å². The summed E-state index contributed by atoms with van der Waals surface area (Å²) < 4.78 is 18.2. The van der Waals surface area contributed by atoms with Crippen LogP contribution in [0.1, 0.15) is 27.2 Å². The Labute approximate surface area is 109 Å². The highest BCUT2D eigenvalue weighted by Gasteiger charge is 2.11. The van der Waals surface area contributed by atoms with Crippen LogP contribution in [0.15, 0.2) is 34.9 Å². The van der Waals surface area contributed by atoms with Gasteiger partial charge in [-0.1, -0.05) is 6.07 Å². The fraction of sp³-hybridized carbons (Fsp3) is 0.214. The molecule has 0 aliphatic rings. The van der Waals surface area contributed by atoms with Crippen LogP contribution in [0.5, 0.6) is 0 Å². The Balaban J connectivity index is 2.03. The first-order chi connectivity index (χ1) is 9.11. The number of aliphatic hydroxyl groups excluding tert-OH is 1. The molecule has 5 heteroatoms. The van der Waals surface area contributed by atoms with Crippen molar-refractivity contribution in [3.05, 3.63) is 58.8 Å². The SMILES string of the molecule is Cc1occc1C(=O)NCc1ccc(F)c(CO)c1. The van der Waals surface area contributed by atoms with Crippen molar-refractivity contribution in [1.82, 2.24) is 5.32 Å². The van der Waals surface area contributed by atoms with Gasteiger partial charge < -0.3 is 14.8 Å². The number of halogens is 1. The van der Waals surface area contributed by atoms with Gasteiger partial charge in [-0.3, -0.25) is 4.79 Å². The zero-order valence-corrected chi connectivity index (χ0v) is 10.4. The molecule has 0 fully saturated rings. The van der Waals surface area contributed by atoms with Crippen LogP contribution < -0.4 is 5.32 Å². The van der Waals surface area contributed by atoms with E-state index < -0.39 is 5.82 Å².